The molecular weight excluding hydrogens is 410 g/mol. The van der Waals surface area contributed by atoms with Gasteiger partial charge < -0.3 is 15.2 Å². The second kappa shape index (κ2) is 9.42. The van der Waals surface area contributed by atoms with Crippen LogP contribution in [0.3, 0.4) is 0 Å². The predicted molar refractivity (Wildman–Crippen MR) is 131 cm³/mol. The number of nitrogens with zero attached hydrogens (tertiary/aromatic N) is 1. The minimum Gasteiger partial charge on any atom is -0.361 e. The summed E-state index contributed by atoms with van der Waals surface area (Å²) < 4.78 is 0. The van der Waals surface area contributed by atoms with Gasteiger partial charge in [0.05, 0.1) is 6.42 Å². The number of H-pyrrole nitrogens is 1. The van der Waals surface area contributed by atoms with E-state index in [1.807, 2.05) is 66.6 Å². The molecule has 0 spiro atoms. The highest BCUT2D eigenvalue weighted by Crippen LogP contribution is 2.36. The molecule has 3 aromatic rings. The van der Waals surface area contributed by atoms with E-state index in [4.69, 9.17) is 0 Å². The number of benzene rings is 2. The summed E-state index contributed by atoms with van der Waals surface area (Å²) in [5, 5.41) is 4.37. The van der Waals surface area contributed by atoms with Crippen molar-refractivity contribution < 1.29 is 9.59 Å². The first-order chi connectivity index (χ1) is 16.1. The Morgan fingerprint density at radius 1 is 1.00 bits per heavy atom. The summed E-state index contributed by atoms with van der Waals surface area (Å²) in [6.07, 6.45) is 9.74. The lowest BCUT2D eigenvalue weighted by molar-refractivity contribution is -0.141. The van der Waals surface area contributed by atoms with Crippen LogP contribution in [-0.2, 0) is 16.0 Å². The van der Waals surface area contributed by atoms with E-state index in [0.29, 0.717) is 6.42 Å². The molecule has 2 aromatic carbocycles. The number of hydrogen-bond donors (Lipinski definition) is 2. The Morgan fingerprint density at radius 3 is 2.45 bits per heavy atom. The molecule has 0 aliphatic heterocycles. The predicted octanol–water partition coefficient (Wildman–Crippen LogP) is 5.20. The molecule has 2 aliphatic rings. The van der Waals surface area contributed by atoms with Crippen LogP contribution in [0.1, 0.15) is 67.7 Å². The number of nitrogens with one attached hydrogen (secondary N) is 2. The topological polar surface area (TPSA) is 65.2 Å². The molecule has 0 saturated heterocycles. The quantitative estimate of drug-likeness (QED) is 0.527. The summed E-state index contributed by atoms with van der Waals surface area (Å²) in [7, 11) is 0. The van der Waals surface area contributed by atoms with E-state index in [1.54, 1.807) is 0 Å². The Bertz CT molecular complexity index is 1120. The fourth-order valence-electron chi connectivity index (χ4n) is 5.16. The lowest BCUT2D eigenvalue weighted by atomic mass is 9.94. The molecule has 0 bridgehead atoms. The zero-order valence-electron chi connectivity index (χ0n) is 19.3. The highest BCUT2D eigenvalue weighted by molar-refractivity contribution is 5.93. The molecule has 1 heterocycles. The van der Waals surface area contributed by atoms with Gasteiger partial charge in [-0.05, 0) is 49.8 Å². The Kier molecular flexibility index (Phi) is 6.21. The molecule has 2 aliphatic carbocycles. The molecule has 2 N–H and O–H groups in total. The van der Waals surface area contributed by atoms with Crippen molar-refractivity contribution in [1.82, 2.24) is 15.2 Å². The molecule has 1 atom stereocenters. The van der Waals surface area contributed by atoms with Crippen molar-refractivity contribution in [3.05, 3.63) is 71.4 Å². The van der Waals surface area contributed by atoms with Crippen molar-refractivity contribution in [3.8, 4) is 0 Å². The first kappa shape index (κ1) is 21.7. The van der Waals surface area contributed by atoms with E-state index in [-0.39, 0.29) is 23.9 Å². The Labute approximate surface area is 195 Å². The molecule has 5 nitrogen and oxygen atoms in total. The van der Waals surface area contributed by atoms with Crippen molar-refractivity contribution in [2.75, 3.05) is 0 Å². The maximum atomic E-state index is 13.7. The molecule has 5 heteroatoms. The van der Waals surface area contributed by atoms with Crippen LogP contribution in [0.25, 0.3) is 10.9 Å². The van der Waals surface area contributed by atoms with E-state index in [1.165, 1.54) is 6.42 Å². The number of rotatable bonds is 7. The van der Waals surface area contributed by atoms with Crippen molar-refractivity contribution in [2.24, 2.45) is 0 Å². The monoisotopic (exact) mass is 443 g/mol. The molecule has 0 radical (unpaired) electrons. The summed E-state index contributed by atoms with van der Waals surface area (Å²) in [5.74, 6) is -0.0171. The second-order valence-electron chi connectivity index (χ2n) is 9.73. The van der Waals surface area contributed by atoms with Crippen LogP contribution >= 0.6 is 0 Å². The van der Waals surface area contributed by atoms with Crippen LogP contribution in [0.2, 0.25) is 0 Å². The Balaban J connectivity index is 1.44. The number of fused-ring (bicyclic) bond motifs is 1. The number of hydrogen-bond acceptors (Lipinski definition) is 2. The molecule has 0 unspecified atom stereocenters. The van der Waals surface area contributed by atoms with Gasteiger partial charge in [-0.3, -0.25) is 9.59 Å². The molecule has 5 rings (SSSR count). The molecule has 172 valence electrons. The van der Waals surface area contributed by atoms with Gasteiger partial charge >= 0.3 is 0 Å². The first-order valence-electron chi connectivity index (χ1n) is 12.3. The third kappa shape index (κ3) is 4.82. The average molecular weight is 444 g/mol. The van der Waals surface area contributed by atoms with E-state index in [9.17, 15) is 9.59 Å². The van der Waals surface area contributed by atoms with Crippen LogP contribution in [-0.4, -0.2) is 33.8 Å². The summed E-state index contributed by atoms with van der Waals surface area (Å²) in [5.41, 5.74) is 4.06. The van der Waals surface area contributed by atoms with Gasteiger partial charge in [0.15, 0.2) is 0 Å². The van der Waals surface area contributed by atoms with Crippen LogP contribution in [0.15, 0.2) is 54.7 Å². The van der Waals surface area contributed by atoms with Gasteiger partial charge in [-0.2, -0.15) is 0 Å². The van der Waals surface area contributed by atoms with Crippen LogP contribution in [0.5, 0.6) is 0 Å². The zero-order chi connectivity index (χ0) is 22.8. The largest absolute Gasteiger partial charge is 0.361 e. The number of aromatic nitrogens is 1. The summed E-state index contributed by atoms with van der Waals surface area (Å²) in [6, 6.07) is 15.9. The Hall–Kier alpha value is -3.08. The highest BCUT2D eigenvalue weighted by Gasteiger charge is 2.41. The number of aromatic amines is 1. The smallest absolute Gasteiger partial charge is 0.247 e. The number of carbonyl (C=O) groups is 2. The SMILES string of the molecule is Cc1ccc([C@H](C(=O)NC2CCCCC2)N(C(=O)Cc2c[nH]c3ccccc23)C2CC2)cc1. The summed E-state index contributed by atoms with van der Waals surface area (Å²) >= 11 is 0. The van der Waals surface area contributed by atoms with Crippen LogP contribution in [0.4, 0.5) is 0 Å². The first-order valence-corrected chi connectivity index (χ1v) is 12.3. The molecule has 33 heavy (non-hydrogen) atoms. The maximum Gasteiger partial charge on any atom is 0.247 e. The lowest BCUT2D eigenvalue weighted by Crippen LogP contribution is -2.48. The third-order valence-electron chi connectivity index (χ3n) is 7.12. The normalized spacial score (nSPS) is 17.6. The molecule has 2 amide bonds. The van der Waals surface area contributed by atoms with Crippen molar-refractivity contribution in [2.45, 2.75) is 76.4 Å². The van der Waals surface area contributed by atoms with Gasteiger partial charge in [0.2, 0.25) is 11.8 Å². The molecule has 2 saturated carbocycles. The lowest BCUT2D eigenvalue weighted by Gasteiger charge is -2.33. The number of amides is 2. The van der Waals surface area contributed by atoms with E-state index in [0.717, 1.165) is 66.1 Å². The number of aryl methyl sites for hydroxylation is 1. The minimum absolute atomic E-state index is 0.0200. The van der Waals surface area contributed by atoms with Gasteiger partial charge in [-0.25, -0.2) is 0 Å². The van der Waals surface area contributed by atoms with Gasteiger partial charge in [0.25, 0.3) is 0 Å². The minimum atomic E-state index is -0.585. The standard InChI is InChI=1S/C28H33N3O2/c1-19-11-13-20(14-12-19)27(28(33)30-22-7-3-2-4-8-22)31(23-15-16-23)26(32)17-21-18-29-25-10-6-5-9-24(21)25/h5-6,9-14,18,22-23,27,29H,2-4,7-8,15-17H2,1H3,(H,30,33)/t27-/m1/s1. The fraction of sp³-hybridized carbons (Fsp3) is 0.429. The molecule has 1 aromatic heterocycles. The van der Waals surface area contributed by atoms with Gasteiger partial charge in [-0.15, -0.1) is 0 Å². The average Bonchev–Trinajstić information content (AvgIpc) is 3.59. The van der Waals surface area contributed by atoms with Gasteiger partial charge in [0, 0.05) is 29.2 Å². The Morgan fingerprint density at radius 2 is 1.73 bits per heavy atom. The van der Waals surface area contributed by atoms with E-state index < -0.39 is 6.04 Å². The van der Waals surface area contributed by atoms with Crippen LogP contribution < -0.4 is 5.32 Å². The molecule has 2 fully saturated rings. The number of para-hydroxylation sites is 1. The third-order valence-corrected chi connectivity index (χ3v) is 7.12. The maximum absolute atomic E-state index is 13.7. The van der Waals surface area contributed by atoms with Gasteiger partial charge in [-0.1, -0.05) is 67.3 Å². The van der Waals surface area contributed by atoms with Crippen LogP contribution in [0, 0.1) is 6.92 Å². The summed E-state index contributed by atoms with van der Waals surface area (Å²) in [4.78, 5) is 32.6. The van der Waals surface area contributed by atoms with E-state index >= 15 is 0 Å². The van der Waals surface area contributed by atoms with Gasteiger partial charge in [0.1, 0.15) is 6.04 Å². The molecular formula is C28H33N3O2. The number of carbonyl (C=O) groups excluding carboxylic acids is 2. The van der Waals surface area contributed by atoms with Crippen molar-refractivity contribution in [3.63, 3.8) is 0 Å². The summed E-state index contributed by atoms with van der Waals surface area (Å²) in [6.45, 7) is 2.04. The zero-order valence-corrected chi connectivity index (χ0v) is 19.3. The second-order valence-corrected chi connectivity index (χ2v) is 9.73. The van der Waals surface area contributed by atoms with Crippen molar-refractivity contribution >= 4 is 22.7 Å². The fourth-order valence-corrected chi connectivity index (χ4v) is 5.16. The van der Waals surface area contributed by atoms with Crippen molar-refractivity contribution in [1.29, 1.82) is 0 Å². The highest BCUT2D eigenvalue weighted by atomic mass is 16.2. The van der Waals surface area contributed by atoms with E-state index in [2.05, 4.69) is 10.3 Å².